The van der Waals surface area contributed by atoms with Gasteiger partial charge in [0.25, 0.3) is 0 Å². The van der Waals surface area contributed by atoms with Gasteiger partial charge in [-0.3, -0.25) is 0 Å². The number of halogens is 3. The first-order chi connectivity index (χ1) is 7.94. The van der Waals surface area contributed by atoms with Crippen LogP contribution >= 0.6 is 11.8 Å². The number of hydrogen-bond donors (Lipinski definition) is 2. The van der Waals surface area contributed by atoms with Crippen molar-refractivity contribution >= 4 is 11.8 Å². The molecular formula is C11H14F3NOS. The first-order valence-electron chi connectivity index (χ1n) is 5.15. The van der Waals surface area contributed by atoms with Crippen LogP contribution in [0, 0.1) is 0 Å². The second kappa shape index (κ2) is 6.28. The smallest absolute Gasteiger partial charge is 0.396 e. The van der Waals surface area contributed by atoms with E-state index in [-0.39, 0.29) is 23.3 Å². The fraction of sp³-hybridized carbons (Fsp3) is 0.455. The largest absolute Gasteiger partial charge is 0.446 e. The van der Waals surface area contributed by atoms with Crippen molar-refractivity contribution in [1.82, 2.24) is 0 Å². The van der Waals surface area contributed by atoms with E-state index in [9.17, 15) is 13.2 Å². The number of aliphatic hydroxyl groups is 1. The van der Waals surface area contributed by atoms with Gasteiger partial charge in [0, 0.05) is 17.5 Å². The second-order valence-electron chi connectivity index (χ2n) is 3.56. The lowest BCUT2D eigenvalue weighted by molar-refractivity contribution is -0.0328. The molecule has 3 N–H and O–H groups in total. The summed E-state index contributed by atoms with van der Waals surface area (Å²) in [6.07, 6.45) is 0.943. The molecule has 17 heavy (non-hydrogen) atoms. The summed E-state index contributed by atoms with van der Waals surface area (Å²) in [5.41, 5.74) is 1.97. The average Bonchev–Trinajstić information content (AvgIpc) is 2.24. The summed E-state index contributed by atoms with van der Waals surface area (Å²) >= 11 is -0.153. The minimum atomic E-state index is -4.31. The zero-order chi connectivity index (χ0) is 12.9. The van der Waals surface area contributed by atoms with E-state index >= 15 is 0 Å². The Hall–Kier alpha value is -0.720. The van der Waals surface area contributed by atoms with Gasteiger partial charge < -0.3 is 10.8 Å². The molecule has 0 radical (unpaired) electrons. The van der Waals surface area contributed by atoms with Crippen molar-refractivity contribution in [3.8, 4) is 0 Å². The Labute approximate surface area is 102 Å². The summed E-state index contributed by atoms with van der Waals surface area (Å²) in [7, 11) is 0. The van der Waals surface area contributed by atoms with Crippen LogP contribution in [0.15, 0.2) is 29.2 Å². The Morgan fingerprint density at radius 2 is 1.94 bits per heavy atom. The lowest BCUT2D eigenvalue weighted by Crippen LogP contribution is -2.13. The molecule has 1 rings (SSSR count). The highest BCUT2D eigenvalue weighted by atomic mass is 32.2. The van der Waals surface area contributed by atoms with E-state index in [1.165, 1.54) is 6.07 Å². The van der Waals surface area contributed by atoms with Gasteiger partial charge in [0.2, 0.25) is 0 Å². The quantitative estimate of drug-likeness (QED) is 0.804. The van der Waals surface area contributed by atoms with Crippen LogP contribution in [-0.2, 0) is 0 Å². The number of benzene rings is 1. The van der Waals surface area contributed by atoms with Crippen LogP contribution < -0.4 is 5.73 Å². The zero-order valence-electron chi connectivity index (χ0n) is 9.07. The molecular weight excluding hydrogens is 251 g/mol. The van der Waals surface area contributed by atoms with Gasteiger partial charge in [-0.2, -0.15) is 13.2 Å². The Morgan fingerprint density at radius 1 is 1.29 bits per heavy atom. The van der Waals surface area contributed by atoms with E-state index in [1.54, 1.807) is 18.2 Å². The predicted octanol–water partition coefficient (Wildman–Crippen LogP) is 3.07. The second-order valence-corrected chi connectivity index (χ2v) is 4.66. The molecule has 0 fully saturated rings. The van der Waals surface area contributed by atoms with Gasteiger partial charge in [-0.05, 0) is 36.2 Å². The minimum absolute atomic E-state index is 0.0116. The molecule has 0 aliphatic rings. The molecule has 0 saturated heterocycles. The molecule has 0 saturated carbocycles. The maximum atomic E-state index is 12.3. The zero-order valence-corrected chi connectivity index (χ0v) is 9.89. The third kappa shape index (κ3) is 4.97. The summed E-state index contributed by atoms with van der Waals surface area (Å²) in [4.78, 5) is 0.130. The van der Waals surface area contributed by atoms with E-state index < -0.39 is 11.6 Å². The van der Waals surface area contributed by atoms with Crippen molar-refractivity contribution in [1.29, 1.82) is 0 Å². The monoisotopic (exact) mass is 265 g/mol. The molecule has 0 bridgehead atoms. The molecule has 1 atom stereocenters. The first kappa shape index (κ1) is 14.3. The van der Waals surface area contributed by atoms with E-state index in [2.05, 4.69) is 0 Å². The summed E-state index contributed by atoms with van der Waals surface area (Å²) < 4.78 is 37.0. The summed E-state index contributed by atoms with van der Waals surface area (Å²) in [5, 5.41) is 8.68. The molecule has 96 valence electrons. The van der Waals surface area contributed by atoms with Crippen LogP contribution in [0.4, 0.5) is 13.2 Å². The Morgan fingerprint density at radius 3 is 2.53 bits per heavy atom. The van der Waals surface area contributed by atoms with Crippen molar-refractivity contribution in [3.63, 3.8) is 0 Å². The average molecular weight is 265 g/mol. The number of nitrogens with two attached hydrogens (primary N) is 1. The fourth-order valence-electron chi connectivity index (χ4n) is 1.47. The maximum Gasteiger partial charge on any atom is 0.446 e. The Balaban J connectivity index is 2.83. The normalized spacial score (nSPS) is 13.7. The molecule has 1 aromatic carbocycles. The number of alkyl halides is 3. The summed E-state index contributed by atoms with van der Waals surface area (Å²) in [5.74, 6) is 0. The Bertz CT molecular complexity index is 357. The third-order valence-electron chi connectivity index (χ3n) is 2.22. The van der Waals surface area contributed by atoms with Gasteiger partial charge in [0.05, 0.1) is 0 Å². The maximum absolute atomic E-state index is 12.3. The molecule has 0 aliphatic carbocycles. The van der Waals surface area contributed by atoms with Crippen LogP contribution in [0.25, 0.3) is 0 Å². The number of rotatable bonds is 5. The number of aliphatic hydroxyl groups excluding tert-OH is 1. The minimum Gasteiger partial charge on any atom is -0.396 e. The van der Waals surface area contributed by atoms with Crippen molar-refractivity contribution in [2.45, 2.75) is 29.3 Å². The van der Waals surface area contributed by atoms with Crippen molar-refractivity contribution in [2.24, 2.45) is 5.73 Å². The molecule has 0 aromatic heterocycles. The molecule has 0 aliphatic heterocycles. The standard InChI is InChI=1S/C11H14F3NOS/c12-11(13,14)17-10-6-2-1-4-8(10)9(15)5-3-7-16/h1-2,4,6,9,16H,3,5,7,15H2/t9-/m0/s1. The lowest BCUT2D eigenvalue weighted by Gasteiger charge is -2.16. The highest BCUT2D eigenvalue weighted by Gasteiger charge is 2.30. The topological polar surface area (TPSA) is 46.2 Å². The molecule has 2 nitrogen and oxygen atoms in total. The molecule has 6 heteroatoms. The van der Waals surface area contributed by atoms with Gasteiger partial charge in [-0.25, -0.2) is 0 Å². The van der Waals surface area contributed by atoms with Crippen LogP contribution in [0.2, 0.25) is 0 Å². The van der Waals surface area contributed by atoms with E-state index in [0.29, 0.717) is 18.4 Å². The van der Waals surface area contributed by atoms with Gasteiger partial charge in [-0.1, -0.05) is 18.2 Å². The van der Waals surface area contributed by atoms with E-state index in [1.807, 2.05) is 0 Å². The predicted molar refractivity (Wildman–Crippen MR) is 61.6 cm³/mol. The van der Waals surface area contributed by atoms with Crippen LogP contribution in [0.1, 0.15) is 24.4 Å². The first-order valence-corrected chi connectivity index (χ1v) is 5.97. The molecule has 0 amide bonds. The highest BCUT2D eigenvalue weighted by Crippen LogP contribution is 2.40. The highest BCUT2D eigenvalue weighted by molar-refractivity contribution is 8.00. The number of thioether (sulfide) groups is 1. The van der Waals surface area contributed by atoms with E-state index in [0.717, 1.165) is 0 Å². The molecule has 0 heterocycles. The number of hydrogen-bond acceptors (Lipinski definition) is 3. The van der Waals surface area contributed by atoms with E-state index in [4.69, 9.17) is 10.8 Å². The van der Waals surface area contributed by atoms with Crippen molar-refractivity contribution in [2.75, 3.05) is 6.61 Å². The summed E-state index contributed by atoms with van der Waals surface area (Å²) in [6, 6.07) is 5.74. The SMILES string of the molecule is N[C@@H](CCCO)c1ccccc1SC(F)(F)F. The van der Waals surface area contributed by atoms with Gasteiger partial charge >= 0.3 is 5.51 Å². The van der Waals surface area contributed by atoms with Gasteiger partial charge in [0.15, 0.2) is 0 Å². The van der Waals surface area contributed by atoms with Crippen LogP contribution in [0.5, 0.6) is 0 Å². The Kier molecular flexibility index (Phi) is 5.30. The summed E-state index contributed by atoms with van der Waals surface area (Å²) in [6.45, 7) is -0.0116. The van der Waals surface area contributed by atoms with Crippen molar-refractivity contribution in [3.05, 3.63) is 29.8 Å². The lowest BCUT2D eigenvalue weighted by atomic mass is 10.0. The third-order valence-corrected chi connectivity index (χ3v) is 3.04. The fourth-order valence-corrected chi connectivity index (χ4v) is 2.20. The van der Waals surface area contributed by atoms with Gasteiger partial charge in [0.1, 0.15) is 0 Å². The van der Waals surface area contributed by atoms with Crippen LogP contribution in [-0.4, -0.2) is 17.2 Å². The van der Waals surface area contributed by atoms with Crippen molar-refractivity contribution < 1.29 is 18.3 Å². The molecule has 0 spiro atoms. The van der Waals surface area contributed by atoms with Crippen LogP contribution in [0.3, 0.4) is 0 Å². The van der Waals surface area contributed by atoms with Gasteiger partial charge in [-0.15, -0.1) is 0 Å². The molecule has 1 aromatic rings. The molecule has 0 unspecified atom stereocenters.